The number of imide groups is 2. The average Bonchev–Trinajstić information content (AvgIpc) is 3.15. The number of hydrogen-bond acceptors (Lipinski definition) is 5. The van der Waals surface area contributed by atoms with E-state index in [0.717, 1.165) is 96.5 Å². The molecule has 2 aliphatic heterocycles. The van der Waals surface area contributed by atoms with Gasteiger partial charge in [-0.05, 0) is 93.7 Å². The zero-order valence-corrected chi connectivity index (χ0v) is 29.5. The molecule has 7 heteroatoms. The standard InChI is InChI=1S/C44H42N2O5/c1-4-6-8-10-12-26(13-11-9-7-5-2)45-41(47)33-22-18-29-31-20-24-35-40-36(44(50)46(43(35)49)27-14-16-28(51-3)17-15-27)25-21-32(38(31)40)30-19-23-34(42(45)48)39(33)37(29)30/h14-26H,4-13H2,1-3H3. The second-order valence-corrected chi connectivity index (χ2v) is 14.1. The molecule has 7 nitrogen and oxygen atoms in total. The van der Waals surface area contributed by atoms with E-state index in [1.807, 2.05) is 36.4 Å². The summed E-state index contributed by atoms with van der Waals surface area (Å²) in [4.78, 5) is 59.7. The van der Waals surface area contributed by atoms with Gasteiger partial charge >= 0.3 is 0 Å². The van der Waals surface area contributed by atoms with Crippen LogP contribution in [0.3, 0.4) is 0 Å². The van der Waals surface area contributed by atoms with Gasteiger partial charge < -0.3 is 4.74 Å². The van der Waals surface area contributed by atoms with E-state index in [1.54, 1.807) is 48.4 Å². The van der Waals surface area contributed by atoms with Gasteiger partial charge in [0.1, 0.15) is 5.75 Å². The molecule has 6 aromatic carbocycles. The minimum Gasteiger partial charge on any atom is -0.497 e. The van der Waals surface area contributed by atoms with Crippen molar-refractivity contribution in [1.82, 2.24) is 4.90 Å². The predicted octanol–water partition coefficient (Wildman–Crippen LogP) is 10.5. The number of ether oxygens (including phenoxy) is 1. The molecule has 0 aliphatic carbocycles. The Labute approximate surface area is 297 Å². The number of hydrogen-bond donors (Lipinski definition) is 0. The number of carbonyl (C=O) groups is 4. The highest BCUT2D eigenvalue weighted by atomic mass is 16.5. The van der Waals surface area contributed by atoms with Crippen LogP contribution in [0.15, 0.2) is 72.8 Å². The van der Waals surface area contributed by atoms with Crippen LogP contribution in [-0.4, -0.2) is 41.7 Å². The summed E-state index contributed by atoms with van der Waals surface area (Å²) in [5.41, 5.74) is 2.51. The second-order valence-electron chi connectivity index (χ2n) is 14.1. The molecule has 51 heavy (non-hydrogen) atoms. The fourth-order valence-corrected chi connectivity index (χ4v) is 8.60. The van der Waals surface area contributed by atoms with E-state index in [2.05, 4.69) is 13.8 Å². The van der Waals surface area contributed by atoms with Gasteiger partial charge in [-0.3, -0.25) is 24.1 Å². The molecule has 0 aromatic heterocycles. The lowest BCUT2D eigenvalue weighted by molar-refractivity contribution is 0.0516. The molecule has 0 N–H and O–H groups in total. The Bertz CT molecular complexity index is 2240. The Morgan fingerprint density at radius 1 is 0.490 bits per heavy atom. The van der Waals surface area contributed by atoms with Crippen LogP contribution in [0.4, 0.5) is 5.69 Å². The number of rotatable bonds is 13. The molecule has 0 fully saturated rings. The molecule has 0 radical (unpaired) electrons. The average molecular weight is 679 g/mol. The largest absolute Gasteiger partial charge is 0.497 e. The fraction of sp³-hybridized carbons (Fsp3) is 0.318. The molecule has 2 heterocycles. The third-order valence-electron chi connectivity index (χ3n) is 11.1. The van der Waals surface area contributed by atoms with E-state index in [4.69, 9.17) is 4.74 Å². The van der Waals surface area contributed by atoms with Crippen LogP contribution in [0.25, 0.3) is 43.1 Å². The molecule has 0 atom stereocenters. The number of amides is 4. The number of fused-ring (bicyclic) bond motifs is 2. The predicted molar refractivity (Wildman–Crippen MR) is 204 cm³/mol. The summed E-state index contributed by atoms with van der Waals surface area (Å²) < 4.78 is 5.28. The Hall–Kier alpha value is -5.30. The summed E-state index contributed by atoms with van der Waals surface area (Å²) in [7, 11) is 1.57. The lowest BCUT2D eigenvalue weighted by Gasteiger charge is -2.35. The SMILES string of the molecule is CCCCCCC(CCCCCC)N1C(=O)c2ccc3c4ccc5c6c(ccc(c7ccc(c2c37)C1=O)c64)C(=O)N(c1ccc(OC)cc1)C5=O. The third-order valence-corrected chi connectivity index (χ3v) is 11.1. The van der Waals surface area contributed by atoms with E-state index >= 15 is 0 Å². The number of unbranched alkanes of at least 4 members (excludes halogenated alkanes) is 6. The summed E-state index contributed by atoms with van der Waals surface area (Å²) in [6.07, 6.45) is 10.4. The first kappa shape index (κ1) is 32.9. The zero-order chi connectivity index (χ0) is 35.4. The van der Waals surface area contributed by atoms with Crippen molar-refractivity contribution in [3.05, 3.63) is 95.1 Å². The number of benzene rings is 6. The summed E-state index contributed by atoms with van der Waals surface area (Å²) in [5, 5.41) is 6.59. The lowest BCUT2D eigenvalue weighted by Crippen LogP contribution is -2.47. The van der Waals surface area contributed by atoms with Crippen molar-refractivity contribution in [2.75, 3.05) is 12.0 Å². The van der Waals surface area contributed by atoms with Gasteiger partial charge in [0, 0.05) is 39.1 Å². The van der Waals surface area contributed by atoms with E-state index in [0.29, 0.717) is 44.5 Å². The second kappa shape index (κ2) is 13.1. The Morgan fingerprint density at radius 3 is 1.29 bits per heavy atom. The highest BCUT2D eigenvalue weighted by Gasteiger charge is 2.39. The molecule has 0 saturated heterocycles. The Morgan fingerprint density at radius 2 is 0.902 bits per heavy atom. The lowest BCUT2D eigenvalue weighted by atomic mass is 9.82. The first-order valence-electron chi connectivity index (χ1n) is 18.5. The van der Waals surface area contributed by atoms with Gasteiger partial charge in [0.25, 0.3) is 23.6 Å². The Balaban J connectivity index is 1.25. The monoisotopic (exact) mass is 678 g/mol. The minimum atomic E-state index is -0.382. The van der Waals surface area contributed by atoms with Crippen LogP contribution < -0.4 is 9.64 Å². The Kier molecular flexibility index (Phi) is 8.45. The van der Waals surface area contributed by atoms with Crippen LogP contribution in [0.5, 0.6) is 5.75 Å². The van der Waals surface area contributed by atoms with Gasteiger partial charge in [-0.1, -0.05) is 89.5 Å². The number of nitrogens with zero attached hydrogens (tertiary/aromatic N) is 2. The third kappa shape index (κ3) is 5.08. The van der Waals surface area contributed by atoms with Gasteiger partial charge in [0.05, 0.1) is 12.8 Å². The highest BCUT2D eigenvalue weighted by molar-refractivity contribution is 6.43. The number of carbonyl (C=O) groups excluding carboxylic acids is 4. The van der Waals surface area contributed by atoms with Crippen molar-refractivity contribution in [3.8, 4) is 5.75 Å². The maximum absolute atomic E-state index is 14.4. The van der Waals surface area contributed by atoms with E-state index in [9.17, 15) is 19.2 Å². The highest BCUT2D eigenvalue weighted by Crippen LogP contribution is 2.47. The van der Waals surface area contributed by atoms with Gasteiger partial charge in [0.2, 0.25) is 0 Å². The zero-order valence-electron chi connectivity index (χ0n) is 29.5. The van der Waals surface area contributed by atoms with Crippen LogP contribution in [0, 0.1) is 0 Å². The molecule has 0 spiro atoms. The summed E-state index contributed by atoms with van der Waals surface area (Å²) in [6, 6.07) is 22.0. The van der Waals surface area contributed by atoms with Gasteiger partial charge in [-0.25, -0.2) is 4.90 Å². The van der Waals surface area contributed by atoms with E-state index in [1.165, 1.54) is 4.90 Å². The van der Waals surface area contributed by atoms with Crippen molar-refractivity contribution in [2.45, 2.75) is 84.1 Å². The van der Waals surface area contributed by atoms with E-state index in [-0.39, 0.29) is 29.7 Å². The summed E-state index contributed by atoms with van der Waals surface area (Å²) in [5.74, 6) is -0.550. The molecule has 8 rings (SSSR count). The quantitative estimate of drug-likeness (QED) is 0.0525. The maximum Gasteiger partial charge on any atom is 0.265 e. The molecule has 4 amide bonds. The first-order valence-corrected chi connectivity index (χ1v) is 18.5. The normalized spacial score (nSPS) is 14.4. The molecule has 0 saturated carbocycles. The van der Waals surface area contributed by atoms with Crippen molar-refractivity contribution in [3.63, 3.8) is 0 Å². The van der Waals surface area contributed by atoms with Crippen LogP contribution in [0.1, 0.15) is 119 Å². The molecule has 0 unspecified atom stereocenters. The summed E-state index contributed by atoms with van der Waals surface area (Å²) >= 11 is 0. The number of anilines is 1. The molecule has 6 aromatic rings. The van der Waals surface area contributed by atoms with Gasteiger partial charge in [0.15, 0.2) is 0 Å². The van der Waals surface area contributed by atoms with Gasteiger partial charge in [-0.15, -0.1) is 0 Å². The van der Waals surface area contributed by atoms with Crippen molar-refractivity contribution in [1.29, 1.82) is 0 Å². The van der Waals surface area contributed by atoms with Crippen LogP contribution in [-0.2, 0) is 0 Å². The molecule has 258 valence electrons. The smallest absolute Gasteiger partial charge is 0.265 e. The molecule has 0 bridgehead atoms. The molecule has 2 aliphatic rings. The topological polar surface area (TPSA) is 84.0 Å². The summed E-state index contributed by atoms with van der Waals surface area (Å²) in [6.45, 7) is 4.38. The van der Waals surface area contributed by atoms with E-state index < -0.39 is 0 Å². The van der Waals surface area contributed by atoms with Crippen LogP contribution >= 0.6 is 0 Å². The number of methoxy groups -OCH3 is 1. The van der Waals surface area contributed by atoms with Crippen LogP contribution in [0.2, 0.25) is 0 Å². The van der Waals surface area contributed by atoms with Crippen molar-refractivity contribution < 1.29 is 23.9 Å². The minimum absolute atomic E-state index is 0.126. The van der Waals surface area contributed by atoms with Gasteiger partial charge in [-0.2, -0.15) is 0 Å². The fourth-order valence-electron chi connectivity index (χ4n) is 8.60. The van der Waals surface area contributed by atoms with Crippen molar-refractivity contribution >= 4 is 72.4 Å². The first-order chi connectivity index (χ1) is 24.9. The maximum atomic E-state index is 14.4. The molecular weight excluding hydrogens is 636 g/mol. The van der Waals surface area contributed by atoms with Crippen molar-refractivity contribution in [2.24, 2.45) is 0 Å². The molecular formula is C44H42N2O5.